The van der Waals surface area contributed by atoms with Crippen molar-refractivity contribution < 1.29 is 85.2 Å². The first-order valence-electron chi connectivity index (χ1n) is 23.1. The molecule has 0 saturated carbocycles. The summed E-state index contributed by atoms with van der Waals surface area (Å²) in [5.41, 5.74) is 9.49. The fourth-order valence-electron chi connectivity index (χ4n) is 6.79. The van der Waals surface area contributed by atoms with Crippen molar-refractivity contribution in [2.75, 3.05) is 0 Å². The number of carbonyl (C=O) groups is 2. The number of benzene rings is 6. The molecule has 15 heteroatoms. The molecule has 0 amide bonds. The Morgan fingerprint density at radius 3 is 1.27 bits per heavy atom. The van der Waals surface area contributed by atoms with Crippen molar-refractivity contribution >= 4 is 50.5 Å². The van der Waals surface area contributed by atoms with Gasteiger partial charge < -0.3 is 30.3 Å². The predicted octanol–water partition coefficient (Wildman–Crippen LogP) is 13.7. The second-order valence-electron chi connectivity index (χ2n) is 15.5. The fourth-order valence-corrected chi connectivity index (χ4v) is 6.79. The zero-order valence-corrected chi connectivity index (χ0v) is 48.4. The van der Waals surface area contributed by atoms with Crippen LogP contribution in [0.15, 0.2) is 256 Å². The van der Waals surface area contributed by atoms with E-state index in [0.717, 1.165) is 50.1 Å². The average molecular weight is 1560 g/mol. The second-order valence-corrected chi connectivity index (χ2v) is 15.5. The molecule has 12 nitrogen and oxygen atoms in total. The predicted molar refractivity (Wildman–Crippen MR) is 294 cm³/mol. The van der Waals surface area contributed by atoms with Crippen molar-refractivity contribution in [3.63, 3.8) is 0 Å². The number of carboxylic acids is 2. The summed E-state index contributed by atoms with van der Waals surface area (Å²) in [4.78, 5) is 50.1. The number of aliphatic hydroxyl groups excluding tert-OH is 1. The molecule has 12 rings (SSSR count). The molecule has 0 bridgehead atoms. The number of aromatic carboxylic acids is 2. The summed E-state index contributed by atoms with van der Waals surface area (Å²) in [5, 5.41) is 28.5. The van der Waals surface area contributed by atoms with Crippen molar-refractivity contribution in [1.82, 2.24) is 34.9 Å². The van der Waals surface area contributed by atoms with Crippen LogP contribution in [0.3, 0.4) is 0 Å². The van der Waals surface area contributed by atoms with Gasteiger partial charge in [0.25, 0.3) is 0 Å². The Labute approximate surface area is 491 Å². The maximum Gasteiger partial charge on any atom is 0.356 e. The van der Waals surface area contributed by atoms with Crippen LogP contribution in [0.2, 0.25) is 0 Å². The molecule has 6 heterocycles. The maximum absolute atomic E-state index is 10.8. The summed E-state index contributed by atoms with van der Waals surface area (Å²) in [6, 6.07) is 77.8. The first kappa shape index (κ1) is 61.9. The van der Waals surface area contributed by atoms with E-state index in [1.807, 2.05) is 176 Å². The van der Waals surface area contributed by atoms with Gasteiger partial charge in [0.05, 0.1) is 33.8 Å². The Morgan fingerprint density at radius 1 is 0.372 bits per heavy atom. The van der Waals surface area contributed by atoms with Gasteiger partial charge in [-0.2, -0.15) is 0 Å². The van der Waals surface area contributed by atoms with Gasteiger partial charge in [-0.1, -0.05) is 97.6 Å². The molecule has 6 aromatic heterocycles. The standard InChI is InChI=1S/C11H9NO.3C11H8N.C10H7NO2.C9H6N2O2.3Ir/c1-8(13)10-7-6-9-4-2-3-5-11(9)12-10;3*1-2-6-10(7-3-1)11-8-4-5-9-12-11;12-10(13)8-5-1-3-7-4-2-6-11-9(7)8;12-9(13)8-5-10-6-3-1-2-4-7(6)11-8;;;/h2-7,13H,1H2;3*1-6,8-9H;1-6H,(H,12,13);1-5H,(H,12,13);;;/q;3*-1;;;;;. The van der Waals surface area contributed by atoms with E-state index in [1.54, 1.807) is 67.3 Å². The molecule has 0 unspecified atom stereocenters. The van der Waals surface area contributed by atoms with Gasteiger partial charge in [-0.15, -0.1) is 108 Å². The van der Waals surface area contributed by atoms with Crippen LogP contribution in [0.4, 0.5) is 0 Å². The molecule has 0 aliphatic carbocycles. The Balaban J connectivity index is 0.000000200. The summed E-state index contributed by atoms with van der Waals surface area (Å²) in [6.45, 7) is 3.43. The monoisotopic (exact) mass is 1560 g/mol. The van der Waals surface area contributed by atoms with Crippen molar-refractivity contribution in [3.05, 3.63) is 291 Å². The summed E-state index contributed by atoms with van der Waals surface area (Å²) < 4.78 is 0. The van der Waals surface area contributed by atoms with Crippen LogP contribution in [0.25, 0.3) is 72.4 Å². The largest absolute Gasteiger partial charge is 0.506 e. The minimum Gasteiger partial charge on any atom is -0.506 e. The van der Waals surface area contributed by atoms with Crippen LogP contribution in [0.1, 0.15) is 26.5 Å². The molecule has 3 N–H and O–H groups in total. The Morgan fingerprint density at radius 2 is 0.808 bits per heavy atom. The van der Waals surface area contributed by atoms with Gasteiger partial charge >= 0.3 is 11.9 Å². The Hall–Kier alpha value is -8.64. The Kier molecular flexibility index (Phi) is 26.5. The molecule has 393 valence electrons. The zero-order valence-electron chi connectivity index (χ0n) is 41.2. The third-order valence-electron chi connectivity index (χ3n) is 10.4. The molecule has 0 fully saturated rings. The molecular formula is C63H46Ir3N7O5-3. The van der Waals surface area contributed by atoms with Gasteiger partial charge in [-0.25, -0.2) is 19.6 Å². The summed E-state index contributed by atoms with van der Waals surface area (Å²) in [6.07, 6.45) is 8.21. The van der Waals surface area contributed by atoms with Crippen molar-refractivity contribution in [2.24, 2.45) is 0 Å². The number of carboxylic acid groups (broad SMARTS) is 2. The zero-order chi connectivity index (χ0) is 52.5. The number of nitrogens with zero attached hydrogens (tertiary/aromatic N) is 7. The van der Waals surface area contributed by atoms with Gasteiger partial charge in [0.2, 0.25) is 0 Å². The van der Waals surface area contributed by atoms with E-state index in [-0.39, 0.29) is 77.3 Å². The molecule has 78 heavy (non-hydrogen) atoms. The van der Waals surface area contributed by atoms with E-state index in [9.17, 15) is 9.59 Å². The van der Waals surface area contributed by atoms with E-state index in [0.29, 0.717) is 22.2 Å². The van der Waals surface area contributed by atoms with Crippen LogP contribution in [-0.4, -0.2) is 62.1 Å². The SMILES string of the molecule is C=C(O)c1ccc2ccccc2n1.O=C(O)c1cccc2cccnc12.O=C(O)c1cnc2ccccc2n1.[Ir].[Ir].[Ir].[c-]1ccccc1-c1ccccn1.[c-]1ccccc1-c1ccccn1.[c-]1ccccc1-c1ccccn1. The van der Waals surface area contributed by atoms with Crippen molar-refractivity contribution in [2.45, 2.75) is 0 Å². The van der Waals surface area contributed by atoms with Crippen LogP contribution in [0.5, 0.6) is 0 Å². The first-order valence-corrected chi connectivity index (χ1v) is 23.1. The number of aliphatic hydroxyl groups is 1. The quantitative estimate of drug-likeness (QED) is 0.106. The third kappa shape index (κ3) is 19.2. The topological polar surface area (TPSA) is 185 Å². The average Bonchev–Trinajstić information content (AvgIpc) is 3.50. The van der Waals surface area contributed by atoms with Crippen LogP contribution in [-0.2, 0) is 60.3 Å². The number of aromatic nitrogens is 7. The van der Waals surface area contributed by atoms with Crippen LogP contribution >= 0.6 is 0 Å². The maximum atomic E-state index is 10.8. The molecule has 0 spiro atoms. The van der Waals surface area contributed by atoms with E-state index >= 15 is 0 Å². The fraction of sp³-hybridized carbons (Fsp3) is 0. The van der Waals surface area contributed by atoms with Crippen molar-refractivity contribution in [3.8, 4) is 33.8 Å². The summed E-state index contributed by atoms with van der Waals surface area (Å²) in [5.74, 6) is -1.99. The Bertz CT molecular complexity index is 3320. The summed E-state index contributed by atoms with van der Waals surface area (Å²) in [7, 11) is 0. The molecule has 3 radical (unpaired) electrons. The number of pyridine rings is 5. The normalized spacial score (nSPS) is 9.54. The van der Waals surface area contributed by atoms with Gasteiger partial charge in [0.1, 0.15) is 11.5 Å². The van der Waals surface area contributed by atoms with E-state index < -0.39 is 11.9 Å². The third-order valence-corrected chi connectivity index (χ3v) is 10.4. The summed E-state index contributed by atoms with van der Waals surface area (Å²) >= 11 is 0. The minimum absolute atomic E-state index is 0. The van der Waals surface area contributed by atoms with Crippen LogP contribution < -0.4 is 0 Å². The van der Waals surface area contributed by atoms with E-state index in [2.05, 4.69) is 59.7 Å². The number of para-hydroxylation sites is 4. The number of fused-ring (bicyclic) bond motifs is 3. The molecule has 0 aliphatic rings. The second kappa shape index (κ2) is 33.4. The molecule has 0 saturated heterocycles. The van der Waals surface area contributed by atoms with Crippen molar-refractivity contribution in [1.29, 1.82) is 0 Å². The van der Waals surface area contributed by atoms with Gasteiger partial charge in [0, 0.05) is 95.9 Å². The van der Waals surface area contributed by atoms with Gasteiger partial charge in [-0.05, 0) is 71.7 Å². The van der Waals surface area contributed by atoms with E-state index in [1.165, 1.54) is 6.20 Å². The molecular weight excluding hydrogens is 1510 g/mol. The first-order chi connectivity index (χ1) is 36.7. The number of rotatable bonds is 6. The number of hydrogen-bond donors (Lipinski definition) is 3. The molecule has 0 atom stereocenters. The minimum atomic E-state index is -1.06. The van der Waals surface area contributed by atoms with Gasteiger partial charge in [-0.3, -0.25) is 9.97 Å². The van der Waals surface area contributed by atoms with E-state index in [4.69, 9.17) is 15.3 Å². The molecule has 0 aliphatic heterocycles. The molecule has 6 aromatic carbocycles. The molecule has 12 aromatic rings. The smallest absolute Gasteiger partial charge is 0.356 e. The van der Waals surface area contributed by atoms with Crippen LogP contribution in [0, 0.1) is 18.2 Å². The number of hydrogen-bond acceptors (Lipinski definition) is 10. The van der Waals surface area contributed by atoms with Gasteiger partial charge in [0.15, 0.2) is 5.69 Å².